The number of para-hydroxylation sites is 1. The monoisotopic (exact) mass is 193 g/mol. The van der Waals surface area contributed by atoms with Crippen molar-refractivity contribution in [1.82, 2.24) is 5.32 Å². The van der Waals surface area contributed by atoms with Gasteiger partial charge < -0.3 is 10.1 Å². The van der Waals surface area contributed by atoms with Gasteiger partial charge in [-0.05, 0) is 18.5 Å². The molecule has 0 radical (unpaired) electrons. The summed E-state index contributed by atoms with van der Waals surface area (Å²) in [5, 5.41) is 3.40. The zero-order chi connectivity index (χ0) is 10.4. The highest BCUT2D eigenvalue weighted by atomic mass is 16.5. The molecule has 0 unspecified atom stereocenters. The van der Waals surface area contributed by atoms with Gasteiger partial charge in [0.05, 0.1) is 7.11 Å². The van der Waals surface area contributed by atoms with E-state index in [1.165, 1.54) is 5.56 Å². The van der Waals surface area contributed by atoms with Crippen LogP contribution in [0, 0.1) is 5.92 Å². The van der Waals surface area contributed by atoms with Gasteiger partial charge in [0.1, 0.15) is 5.75 Å². The maximum absolute atomic E-state index is 5.26. The molecule has 2 nitrogen and oxygen atoms in total. The molecule has 0 spiro atoms. The van der Waals surface area contributed by atoms with Crippen LogP contribution in [0.3, 0.4) is 0 Å². The largest absolute Gasteiger partial charge is 0.496 e. The lowest BCUT2D eigenvalue weighted by molar-refractivity contribution is 0.406. The molecule has 0 heterocycles. The van der Waals surface area contributed by atoms with Gasteiger partial charge in [0.2, 0.25) is 0 Å². The number of ether oxygens (including phenoxy) is 1. The summed E-state index contributed by atoms with van der Waals surface area (Å²) in [6.45, 7) is 6.32. The number of hydrogen-bond donors (Lipinski definition) is 1. The fraction of sp³-hybridized carbons (Fsp3) is 0.500. The Balaban J connectivity index is 2.49. The van der Waals surface area contributed by atoms with E-state index in [0.29, 0.717) is 5.92 Å². The predicted octanol–water partition coefficient (Wildman–Crippen LogP) is 2.44. The van der Waals surface area contributed by atoms with Gasteiger partial charge in [0, 0.05) is 12.1 Å². The Kier molecular flexibility index (Phi) is 4.47. The minimum Gasteiger partial charge on any atom is -0.496 e. The predicted molar refractivity (Wildman–Crippen MR) is 59.5 cm³/mol. The Morgan fingerprint density at radius 3 is 2.64 bits per heavy atom. The van der Waals surface area contributed by atoms with E-state index >= 15 is 0 Å². The molecule has 0 aliphatic carbocycles. The summed E-state index contributed by atoms with van der Waals surface area (Å²) in [5.74, 6) is 1.65. The van der Waals surface area contributed by atoms with Crippen molar-refractivity contribution in [3.63, 3.8) is 0 Å². The van der Waals surface area contributed by atoms with Crippen molar-refractivity contribution in [2.45, 2.75) is 20.4 Å². The van der Waals surface area contributed by atoms with E-state index in [0.717, 1.165) is 18.8 Å². The van der Waals surface area contributed by atoms with Crippen molar-refractivity contribution in [2.24, 2.45) is 5.92 Å². The highest BCUT2D eigenvalue weighted by molar-refractivity contribution is 5.32. The van der Waals surface area contributed by atoms with Crippen LogP contribution in [0.15, 0.2) is 24.3 Å². The average molecular weight is 193 g/mol. The Morgan fingerprint density at radius 2 is 2.00 bits per heavy atom. The van der Waals surface area contributed by atoms with Crippen LogP contribution in [-0.4, -0.2) is 13.7 Å². The Morgan fingerprint density at radius 1 is 1.29 bits per heavy atom. The quantitative estimate of drug-likeness (QED) is 0.775. The number of rotatable bonds is 5. The van der Waals surface area contributed by atoms with E-state index in [1.807, 2.05) is 18.2 Å². The van der Waals surface area contributed by atoms with Crippen LogP contribution in [0.25, 0.3) is 0 Å². The lowest BCUT2D eigenvalue weighted by Crippen LogP contribution is -2.19. The molecule has 0 amide bonds. The van der Waals surface area contributed by atoms with Gasteiger partial charge in [-0.2, -0.15) is 0 Å². The maximum Gasteiger partial charge on any atom is 0.123 e. The summed E-state index contributed by atoms with van der Waals surface area (Å²) < 4.78 is 5.26. The van der Waals surface area contributed by atoms with Crippen LogP contribution in [0.2, 0.25) is 0 Å². The summed E-state index contributed by atoms with van der Waals surface area (Å²) >= 11 is 0. The second-order valence-electron chi connectivity index (χ2n) is 3.84. The summed E-state index contributed by atoms with van der Waals surface area (Å²) in [6.07, 6.45) is 0. The molecule has 1 N–H and O–H groups in total. The van der Waals surface area contributed by atoms with E-state index in [-0.39, 0.29) is 0 Å². The van der Waals surface area contributed by atoms with E-state index in [1.54, 1.807) is 7.11 Å². The minimum atomic E-state index is 0.685. The fourth-order valence-electron chi connectivity index (χ4n) is 1.34. The first-order valence-corrected chi connectivity index (χ1v) is 5.06. The molecule has 0 fully saturated rings. The minimum absolute atomic E-state index is 0.685. The molecule has 1 aromatic rings. The lowest BCUT2D eigenvalue weighted by Gasteiger charge is -2.10. The van der Waals surface area contributed by atoms with Crippen molar-refractivity contribution in [2.75, 3.05) is 13.7 Å². The molecular formula is C12H19NO. The first kappa shape index (κ1) is 11.1. The number of methoxy groups -OCH3 is 1. The zero-order valence-electron chi connectivity index (χ0n) is 9.21. The summed E-state index contributed by atoms with van der Waals surface area (Å²) in [6, 6.07) is 8.11. The molecule has 0 saturated carbocycles. The molecule has 0 aliphatic rings. The zero-order valence-corrected chi connectivity index (χ0v) is 9.21. The normalized spacial score (nSPS) is 10.6. The SMILES string of the molecule is COc1ccccc1CNCC(C)C. The van der Waals surface area contributed by atoms with Crippen LogP contribution in [0.4, 0.5) is 0 Å². The standard InChI is InChI=1S/C12H19NO/c1-10(2)8-13-9-11-6-4-5-7-12(11)14-3/h4-7,10,13H,8-9H2,1-3H3. The maximum atomic E-state index is 5.26. The molecule has 0 aliphatic heterocycles. The molecule has 0 saturated heterocycles. The van der Waals surface area contributed by atoms with Gasteiger partial charge >= 0.3 is 0 Å². The van der Waals surface area contributed by atoms with Crippen molar-refractivity contribution in [3.05, 3.63) is 29.8 Å². The van der Waals surface area contributed by atoms with Crippen molar-refractivity contribution in [3.8, 4) is 5.75 Å². The van der Waals surface area contributed by atoms with Crippen molar-refractivity contribution < 1.29 is 4.74 Å². The summed E-state index contributed by atoms with van der Waals surface area (Å²) in [4.78, 5) is 0. The lowest BCUT2D eigenvalue weighted by atomic mass is 10.2. The molecule has 1 aromatic carbocycles. The smallest absolute Gasteiger partial charge is 0.123 e. The number of benzene rings is 1. The third-order valence-electron chi connectivity index (χ3n) is 2.06. The van der Waals surface area contributed by atoms with Crippen LogP contribution < -0.4 is 10.1 Å². The van der Waals surface area contributed by atoms with Crippen LogP contribution in [-0.2, 0) is 6.54 Å². The number of nitrogens with one attached hydrogen (secondary N) is 1. The van der Waals surface area contributed by atoms with Gasteiger partial charge in [-0.3, -0.25) is 0 Å². The molecule has 0 atom stereocenters. The molecule has 78 valence electrons. The third-order valence-corrected chi connectivity index (χ3v) is 2.06. The second kappa shape index (κ2) is 5.66. The van der Waals surface area contributed by atoms with E-state index in [2.05, 4.69) is 25.2 Å². The van der Waals surface area contributed by atoms with Crippen LogP contribution in [0.1, 0.15) is 19.4 Å². The second-order valence-corrected chi connectivity index (χ2v) is 3.84. The van der Waals surface area contributed by atoms with E-state index in [9.17, 15) is 0 Å². The molecular weight excluding hydrogens is 174 g/mol. The van der Waals surface area contributed by atoms with Gasteiger partial charge in [-0.1, -0.05) is 32.0 Å². The fourth-order valence-corrected chi connectivity index (χ4v) is 1.34. The van der Waals surface area contributed by atoms with Gasteiger partial charge in [0.15, 0.2) is 0 Å². The van der Waals surface area contributed by atoms with Crippen molar-refractivity contribution in [1.29, 1.82) is 0 Å². The Labute approximate surface area is 86.3 Å². The first-order chi connectivity index (χ1) is 6.74. The highest BCUT2D eigenvalue weighted by Gasteiger charge is 2.00. The molecule has 14 heavy (non-hydrogen) atoms. The van der Waals surface area contributed by atoms with E-state index in [4.69, 9.17) is 4.74 Å². The van der Waals surface area contributed by atoms with Crippen LogP contribution >= 0.6 is 0 Å². The topological polar surface area (TPSA) is 21.3 Å². The molecule has 0 aromatic heterocycles. The highest BCUT2D eigenvalue weighted by Crippen LogP contribution is 2.16. The average Bonchev–Trinajstić information content (AvgIpc) is 2.18. The summed E-state index contributed by atoms with van der Waals surface area (Å²) in [5.41, 5.74) is 1.22. The Hall–Kier alpha value is -1.02. The molecule has 2 heteroatoms. The van der Waals surface area contributed by atoms with E-state index < -0.39 is 0 Å². The summed E-state index contributed by atoms with van der Waals surface area (Å²) in [7, 11) is 1.71. The number of hydrogen-bond acceptors (Lipinski definition) is 2. The first-order valence-electron chi connectivity index (χ1n) is 5.06. The molecule has 1 rings (SSSR count). The van der Waals surface area contributed by atoms with Crippen LogP contribution in [0.5, 0.6) is 5.75 Å². The van der Waals surface area contributed by atoms with Gasteiger partial charge in [-0.15, -0.1) is 0 Å². The third kappa shape index (κ3) is 3.38. The van der Waals surface area contributed by atoms with Crippen molar-refractivity contribution >= 4 is 0 Å². The van der Waals surface area contributed by atoms with Gasteiger partial charge in [-0.25, -0.2) is 0 Å². The Bertz CT molecular complexity index is 271. The molecule has 0 bridgehead atoms. The van der Waals surface area contributed by atoms with Gasteiger partial charge in [0.25, 0.3) is 0 Å².